The molecule has 0 aliphatic rings. The van der Waals surface area contributed by atoms with Crippen molar-refractivity contribution < 1.29 is 47.0 Å². The number of carbonyl (C=O) groups is 1. The Morgan fingerprint density at radius 2 is 2.07 bits per heavy atom. The molecule has 2 aromatic heterocycles. The van der Waals surface area contributed by atoms with Gasteiger partial charge in [0.2, 0.25) is 0 Å². The third-order valence-electron chi connectivity index (χ3n) is 4.59. The smallest absolute Gasteiger partial charge is 0.267 e. The van der Waals surface area contributed by atoms with E-state index in [1.807, 2.05) is 6.92 Å². The number of amides is 1. The molecule has 3 aromatic rings. The molecule has 0 bridgehead atoms. The molecule has 0 aliphatic heterocycles. The Hall–Kier alpha value is -2.25. The molecule has 1 amide bonds. The van der Waals surface area contributed by atoms with Crippen molar-refractivity contribution >= 4 is 16.9 Å². The van der Waals surface area contributed by atoms with Crippen LogP contribution < -0.4 is 10.9 Å². The minimum atomic E-state index is -0.624. The minimum Gasteiger partial charge on any atom is -0.505 e. The van der Waals surface area contributed by atoms with Crippen molar-refractivity contribution in [2.45, 2.75) is 19.8 Å². The van der Waals surface area contributed by atoms with Gasteiger partial charge < -0.3 is 15.0 Å². The van der Waals surface area contributed by atoms with Gasteiger partial charge >= 0.3 is 0 Å². The zero-order valence-electron chi connectivity index (χ0n) is 16.3. The van der Waals surface area contributed by atoms with Gasteiger partial charge in [0.25, 0.3) is 11.5 Å². The molecule has 0 fully saturated rings. The molecule has 8 heteroatoms. The van der Waals surface area contributed by atoms with Gasteiger partial charge in [0.1, 0.15) is 11.1 Å². The van der Waals surface area contributed by atoms with E-state index in [2.05, 4.69) is 17.2 Å². The van der Waals surface area contributed by atoms with Crippen LogP contribution in [-0.4, -0.2) is 27.1 Å². The van der Waals surface area contributed by atoms with Crippen LogP contribution in [0.1, 0.15) is 40.4 Å². The quantitative estimate of drug-likeness (QED) is 0.561. The van der Waals surface area contributed by atoms with Crippen molar-refractivity contribution in [3.05, 3.63) is 75.8 Å². The third kappa shape index (κ3) is 4.67. The van der Waals surface area contributed by atoms with E-state index in [4.69, 9.17) is 0 Å². The van der Waals surface area contributed by atoms with E-state index >= 15 is 0 Å². The molecule has 0 saturated carbocycles. The molecule has 6 nitrogen and oxygen atoms in total. The first-order chi connectivity index (χ1) is 13.3. The summed E-state index contributed by atoms with van der Waals surface area (Å²) in [7, 11) is 1.52. The molecule has 149 valence electrons. The van der Waals surface area contributed by atoms with E-state index in [9.17, 15) is 19.1 Å². The van der Waals surface area contributed by atoms with Crippen LogP contribution in [0.25, 0.3) is 11.0 Å². The summed E-state index contributed by atoms with van der Waals surface area (Å²) in [5.41, 5.74) is 1.81. The van der Waals surface area contributed by atoms with Gasteiger partial charge in [-0.1, -0.05) is 13.0 Å². The maximum absolute atomic E-state index is 13.3. The summed E-state index contributed by atoms with van der Waals surface area (Å²) in [6, 6.07) is 6.09. The zero-order valence-corrected chi connectivity index (χ0v) is 19.2. The van der Waals surface area contributed by atoms with E-state index in [0.29, 0.717) is 30.5 Å². The molecule has 0 atom stereocenters. The molecule has 1 aromatic carbocycles. The van der Waals surface area contributed by atoms with Gasteiger partial charge in [0.05, 0.1) is 11.3 Å². The number of aromatic nitrogens is 2. The van der Waals surface area contributed by atoms with Crippen molar-refractivity contribution in [3.63, 3.8) is 0 Å². The fraction of sp³-hybridized carbons (Fsp3) is 0.238. The topological polar surface area (TPSA) is 84.2 Å². The summed E-state index contributed by atoms with van der Waals surface area (Å²) in [5, 5.41) is 13.1. The molecule has 2 heterocycles. The van der Waals surface area contributed by atoms with Crippen LogP contribution in [0.4, 0.5) is 4.39 Å². The second kappa shape index (κ2) is 9.50. The molecule has 2 N–H and O–H groups in total. The number of benzene rings is 1. The Balaban J connectivity index is 0.00000300. The van der Waals surface area contributed by atoms with Crippen LogP contribution >= 0.6 is 0 Å². The normalized spacial score (nSPS) is 10.6. The average Bonchev–Trinajstić information content (AvgIpc) is 2.67. The summed E-state index contributed by atoms with van der Waals surface area (Å²) < 4.78 is 14.6. The number of nitrogens with one attached hydrogen (secondary N) is 1. The summed E-state index contributed by atoms with van der Waals surface area (Å²) in [6.45, 7) is 6.13. The number of hydrogen-bond donors (Lipinski definition) is 2. The van der Waals surface area contributed by atoms with Gasteiger partial charge in [-0.25, -0.2) is 4.39 Å². The van der Waals surface area contributed by atoms with Gasteiger partial charge in [-0.05, 0) is 24.5 Å². The number of carbonyl (C=O) groups excluding carboxylic acids is 1. The third-order valence-corrected chi connectivity index (χ3v) is 4.59. The number of pyridine rings is 2. The Labute approximate surface area is 193 Å². The summed E-state index contributed by atoms with van der Waals surface area (Å²) >= 11 is 0. The second-order valence-electron chi connectivity index (χ2n) is 6.64. The maximum Gasteiger partial charge on any atom is 0.267 e. The molecule has 0 saturated heterocycles. The van der Waals surface area contributed by atoms with Gasteiger partial charge in [-0.15, -0.1) is 17.7 Å². The first-order valence-corrected chi connectivity index (χ1v) is 8.92. The summed E-state index contributed by atoms with van der Waals surface area (Å²) in [6.07, 6.45) is 2.71. The number of rotatable bonds is 5. The van der Waals surface area contributed by atoms with E-state index < -0.39 is 17.2 Å². The van der Waals surface area contributed by atoms with Crippen LogP contribution in [0.3, 0.4) is 0 Å². The molecular formula is C21H21FN3O3Y-. The van der Waals surface area contributed by atoms with Crippen molar-refractivity contribution in [1.29, 1.82) is 0 Å². The van der Waals surface area contributed by atoms with Crippen molar-refractivity contribution in [1.82, 2.24) is 14.9 Å². The van der Waals surface area contributed by atoms with Crippen LogP contribution in [0.15, 0.2) is 35.3 Å². The molecule has 1 radical (unpaired) electrons. The van der Waals surface area contributed by atoms with E-state index in [0.717, 1.165) is 11.1 Å². The number of hydrogen-bond acceptors (Lipinski definition) is 4. The Morgan fingerprint density at radius 3 is 2.72 bits per heavy atom. The van der Waals surface area contributed by atoms with E-state index in [-0.39, 0.29) is 49.6 Å². The fourth-order valence-electron chi connectivity index (χ4n) is 3.04. The Kier molecular flexibility index (Phi) is 7.55. The molecule has 0 aliphatic carbocycles. The second-order valence-corrected chi connectivity index (χ2v) is 6.64. The Morgan fingerprint density at radius 1 is 1.34 bits per heavy atom. The van der Waals surface area contributed by atoms with Gasteiger partial charge in [-0.2, -0.15) is 12.5 Å². The fourth-order valence-corrected chi connectivity index (χ4v) is 3.04. The van der Waals surface area contributed by atoms with Crippen LogP contribution in [-0.2, 0) is 46.2 Å². The first-order valence-electron chi connectivity index (χ1n) is 8.92. The minimum absolute atomic E-state index is 0. The number of halogens is 1. The first kappa shape index (κ1) is 23.0. The summed E-state index contributed by atoms with van der Waals surface area (Å²) in [5.74, 6) is -1.41. The van der Waals surface area contributed by atoms with Crippen molar-refractivity contribution in [2.75, 3.05) is 6.54 Å². The van der Waals surface area contributed by atoms with Crippen LogP contribution in [0.2, 0.25) is 0 Å². The standard InChI is InChI=1S/C21H21FN3O3.Y/c1-4-7-23-20(27)17-19(26)18-16(25(3)21(17)28)10-13(11-24-18)9-14-5-6-15(22)8-12(14)2;/h5-6,8,10-11,26H,2,4,7,9H2,1,3H3,(H,23,27);/q-1;. The molecule has 0 spiro atoms. The predicted molar refractivity (Wildman–Crippen MR) is 105 cm³/mol. The average molecular weight is 471 g/mol. The van der Waals surface area contributed by atoms with E-state index in [1.165, 1.54) is 23.7 Å². The van der Waals surface area contributed by atoms with Gasteiger partial charge in [0.15, 0.2) is 5.75 Å². The molecular weight excluding hydrogens is 450 g/mol. The van der Waals surface area contributed by atoms with Gasteiger partial charge in [-0.3, -0.25) is 14.6 Å². The van der Waals surface area contributed by atoms with Crippen LogP contribution in [0, 0.1) is 12.7 Å². The van der Waals surface area contributed by atoms with Gasteiger partial charge in [0, 0.05) is 52.5 Å². The number of aromatic hydroxyl groups is 1. The molecule has 29 heavy (non-hydrogen) atoms. The molecule has 3 rings (SSSR count). The number of fused-ring (bicyclic) bond motifs is 1. The van der Waals surface area contributed by atoms with Crippen molar-refractivity contribution in [2.24, 2.45) is 7.05 Å². The monoisotopic (exact) mass is 471 g/mol. The van der Waals surface area contributed by atoms with Crippen LogP contribution in [0.5, 0.6) is 5.75 Å². The number of aryl methyl sites for hydroxylation is 1. The maximum atomic E-state index is 13.3. The van der Waals surface area contributed by atoms with E-state index in [1.54, 1.807) is 18.3 Å². The number of nitrogens with zero attached hydrogens (tertiary/aromatic N) is 2. The van der Waals surface area contributed by atoms with Crippen molar-refractivity contribution in [3.8, 4) is 5.75 Å². The largest absolute Gasteiger partial charge is 0.505 e. The SMILES string of the molecule is [CH2-]c1cc(F)ccc1Cc1cnc2c(O)c(C(=O)NCCC)c(=O)n(C)c2c1.[Y]. The Bertz CT molecular complexity index is 1130. The summed E-state index contributed by atoms with van der Waals surface area (Å²) in [4.78, 5) is 29.2. The predicted octanol–water partition coefficient (Wildman–Crippen LogP) is 2.69. The molecule has 0 unspecified atom stereocenters. The zero-order chi connectivity index (χ0) is 20.4.